The fourth-order valence-electron chi connectivity index (χ4n) is 4.92. The first-order chi connectivity index (χ1) is 13.0. The summed E-state index contributed by atoms with van der Waals surface area (Å²) < 4.78 is 0. The molecule has 146 valence electrons. The van der Waals surface area contributed by atoms with Crippen LogP contribution >= 0.6 is 0 Å². The topological polar surface area (TPSA) is 55.9 Å². The third-order valence-corrected chi connectivity index (χ3v) is 6.44. The Morgan fingerprint density at radius 3 is 2.70 bits per heavy atom. The van der Waals surface area contributed by atoms with Crippen LogP contribution in [-0.4, -0.2) is 72.5 Å². The maximum absolute atomic E-state index is 12.7. The van der Waals surface area contributed by atoms with Crippen LogP contribution in [0, 0.1) is 5.41 Å². The number of carbonyl (C=O) groups is 2. The van der Waals surface area contributed by atoms with Crippen LogP contribution in [0.15, 0.2) is 30.3 Å². The smallest absolute Gasteiger partial charge is 0.318 e. The van der Waals surface area contributed by atoms with E-state index in [1.54, 1.807) is 11.9 Å². The fourth-order valence-corrected chi connectivity index (χ4v) is 4.92. The van der Waals surface area contributed by atoms with E-state index in [9.17, 15) is 9.59 Å². The fraction of sp³-hybridized carbons (Fsp3) is 0.619. The van der Waals surface area contributed by atoms with E-state index in [1.165, 1.54) is 18.4 Å². The first kappa shape index (κ1) is 18.3. The Morgan fingerprint density at radius 2 is 1.96 bits per heavy atom. The molecule has 1 spiro atoms. The zero-order chi connectivity index (χ0) is 18.9. The largest absolute Gasteiger partial charge is 0.344 e. The summed E-state index contributed by atoms with van der Waals surface area (Å²) in [4.78, 5) is 30.9. The quantitative estimate of drug-likeness (QED) is 0.884. The molecule has 3 saturated heterocycles. The zero-order valence-electron chi connectivity index (χ0n) is 16.2. The Morgan fingerprint density at radius 1 is 1.15 bits per heavy atom. The van der Waals surface area contributed by atoms with Gasteiger partial charge in [0.2, 0.25) is 5.91 Å². The maximum Gasteiger partial charge on any atom is 0.318 e. The summed E-state index contributed by atoms with van der Waals surface area (Å²) >= 11 is 0. The molecule has 3 aliphatic heterocycles. The van der Waals surface area contributed by atoms with Crippen LogP contribution in [-0.2, 0) is 11.3 Å². The Balaban J connectivity index is 1.33. The lowest BCUT2D eigenvalue weighted by molar-refractivity contribution is -0.128. The number of likely N-dealkylation sites (tertiary alicyclic amines) is 3. The lowest BCUT2D eigenvalue weighted by Crippen LogP contribution is -2.49. The van der Waals surface area contributed by atoms with Gasteiger partial charge in [0.1, 0.15) is 6.04 Å². The minimum absolute atomic E-state index is 0.0314. The van der Waals surface area contributed by atoms with Gasteiger partial charge in [-0.25, -0.2) is 4.79 Å². The average Bonchev–Trinajstić information content (AvgIpc) is 3.21. The normalized spacial score (nSPS) is 28.9. The molecule has 6 nitrogen and oxygen atoms in total. The number of hydrogen-bond donors (Lipinski definition) is 1. The average molecular weight is 370 g/mol. The van der Waals surface area contributed by atoms with Crippen LogP contribution in [0.2, 0.25) is 0 Å². The van der Waals surface area contributed by atoms with Crippen molar-refractivity contribution in [3.8, 4) is 0 Å². The molecule has 3 heterocycles. The van der Waals surface area contributed by atoms with E-state index in [1.807, 2.05) is 4.90 Å². The molecular formula is C21H30N4O2. The van der Waals surface area contributed by atoms with Crippen LogP contribution in [0.5, 0.6) is 0 Å². The summed E-state index contributed by atoms with van der Waals surface area (Å²) in [6, 6.07) is 10.2. The Labute approximate surface area is 161 Å². The van der Waals surface area contributed by atoms with Crippen LogP contribution < -0.4 is 5.32 Å². The van der Waals surface area contributed by atoms with Crippen LogP contribution in [0.4, 0.5) is 4.79 Å². The molecule has 0 radical (unpaired) electrons. The lowest BCUT2D eigenvalue weighted by Gasteiger charge is -2.40. The number of urea groups is 1. The highest BCUT2D eigenvalue weighted by Gasteiger charge is 2.43. The second-order valence-corrected chi connectivity index (χ2v) is 8.52. The first-order valence-corrected chi connectivity index (χ1v) is 10.1. The van der Waals surface area contributed by atoms with Crippen LogP contribution in [0.3, 0.4) is 0 Å². The Bertz CT molecular complexity index is 695. The van der Waals surface area contributed by atoms with E-state index in [0.29, 0.717) is 6.42 Å². The van der Waals surface area contributed by atoms with E-state index in [2.05, 4.69) is 40.5 Å². The summed E-state index contributed by atoms with van der Waals surface area (Å²) in [6.07, 6.45) is 4.15. The van der Waals surface area contributed by atoms with E-state index in [-0.39, 0.29) is 23.4 Å². The molecule has 1 aromatic rings. The van der Waals surface area contributed by atoms with Gasteiger partial charge in [0, 0.05) is 45.2 Å². The number of nitrogens with one attached hydrogen (secondary N) is 1. The number of amides is 3. The van der Waals surface area contributed by atoms with Crippen molar-refractivity contribution in [1.82, 2.24) is 20.0 Å². The predicted molar refractivity (Wildman–Crippen MR) is 104 cm³/mol. The molecule has 3 amide bonds. The molecule has 2 unspecified atom stereocenters. The summed E-state index contributed by atoms with van der Waals surface area (Å²) in [5.41, 5.74) is 1.56. The molecule has 4 rings (SSSR count). The van der Waals surface area contributed by atoms with Crippen molar-refractivity contribution in [2.45, 2.75) is 38.3 Å². The monoisotopic (exact) mass is 370 g/mol. The molecule has 27 heavy (non-hydrogen) atoms. The minimum Gasteiger partial charge on any atom is -0.344 e. The number of piperidine rings is 1. The van der Waals surface area contributed by atoms with Gasteiger partial charge < -0.3 is 15.1 Å². The number of hydrogen-bond acceptors (Lipinski definition) is 3. The molecule has 0 bridgehead atoms. The summed E-state index contributed by atoms with van der Waals surface area (Å²) in [5, 5.41) is 2.96. The molecule has 3 fully saturated rings. The molecule has 1 N–H and O–H groups in total. The van der Waals surface area contributed by atoms with Gasteiger partial charge in [-0.05, 0) is 37.8 Å². The van der Waals surface area contributed by atoms with Crippen molar-refractivity contribution in [3.63, 3.8) is 0 Å². The molecule has 3 aliphatic rings. The molecule has 6 heteroatoms. The molecule has 0 saturated carbocycles. The number of likely N-dealkylation sites (N-methyl/N-ethyl adjacent to an activating group) is 1. The first-order valence-electron chi connectivity index (χ1n) is 10.1. The highest BCUT2D eigenvalue weighted by molar-refractivity contribution is 5.88. The van der Waals surface area contributed by atoms with E-state index < -0.39 is 0 Å². The third-order valence-electron chi connectivity index (χ3n) is 6.44. The molecule has 0 aliphatic carbocycles. The Hall–Kier alpha value is -2.08. The summed E-state index contributed by atoms with van der Waals surface area (Å²) in [6.45, 7) is 5.49. The highest BCUT2D eigenvalue weighted by atomic mass is 16.2. The second-order valence-electron chi connectivity index (χ2n) is 8.52. The Kier molecular flexibility index (Phi) is 5.08. The standard InChI is InChI=1S/C21H30N4O2/c1-23-12-8-18(19(23)26)22-20(27)25-13-10-21(16-25)9-5-11-24(15-21)14-17-6-3-2-4-7-17/h2-4,6-7,18H,5,8-16H2,1H3,(H,22,27). The summed E-state index contributed by atoms with van der Waals surface area (Å²) in [5.74, 6) is 0.0314. The van der Waals surface area contributed by atoms with E-state index in [0.717, 1.165) is 45.7 Å². The van der Waals surface area contributed by atoms with Gasteiger partial charge in [-0.1, -0.05) is 30.3 Å². The van der Waals surface area contributed by atoms with Gasteiger partial charge in [0.25, 0.3) is 0 Å². The van der Waals surface area contributed by atoms with Crippen LogP contribution in [0.1, 0.15) is 31.2 Å². The number of rotatable bonds is 3. The molecule has 2 atom stereocenters. The zero-order valence-corrected chi connectivity index (χ0v) is 16.2. The van der Waals surface area contributed by atoms with Crippen molar-refractivity contribution >= 4 is 11.9 Å². The lowest BCUT2D eigenvalue weighted by atomic mass is 9.79. The number of carbonyl (C=O) groups excluding carboxylic acids is 2. The van der Waals surface area contributed by atoms with Gasteiger partial charge in [0.05, 0.1) is 0 Å². The molecule has 1 aromatic carbocycles. The van der Waals surface area contributed by atoms with Gasteiger partial charge >= 0.3 is 6.03 Å². The SMILES string of the molecule is CN1CCC(NC(=O)N2CCC3(CCCN(Cc4ccccc4)C3)C2)C1=O. The van der Waals surface area contributed by atoms with Crippen molar-refractivity contribution in [3.05, 3.63) is 35.9 Å². The second kappa shape index (κ2) is 7.50. The number of nitrogens with zero attached hydrogens (tertiary/aromatic N) is 3. The van der Waals surface area contributed by atoms with E-state index in [4.69, 9.17) is 0 Å². The van der Waals surface area contributed by atoms with Crippen molar-refractivity contribution in [1.29, 1.82) is 0 Å². The van der Waals surface area contributed by atoms with Crippen LogP contribution in [0.25, 0.3) is 0 Å². The van der Waals surface area contributed by atoms with Gasteiger partial charge in [0.15, 0.2) is 0 Å². The van der Waals surface area contributed by atoms with Crippen molar-refractivity contribution in [2.24, 2.45) is 5.41 Å². The maximum atomic E-state index is 12.7. The van der Waals surface area contributed by atoms with Gasteiger partial charge in [-0.2, -0.15) is 0 Å². The van der Waals surface area contributed by atoms with Gasteiger partial charge in [-0.3, -0.25) is 9.69 Å². The number of benzene rings is 1. The molecular weight excluding hydrogens is 340 g/mol. The minimum atomic E-state index is -0.347. The van der Waals surface area contributed by atoms with Crippen molar-refractivity contribution < 1.29 is 9.59 Å². The van der Waals surface area contributed by atoms with Crippen molar-refractivity contribution in [2.75, 3.05) is 39.8 Å². The predicted octanol–water partition coefficient (Wildman–Crippen LogP) is 1.91. The van der Waals surface area contributed by atoms with E-state index >= 15 is 0 Å². The third kappa shape index (κ3) is 3.95. The summed E-state index contributed by atoms with van der Waals surface area (Å²) in [7, 11) is 1.79. The van der Waals surface area contributed by atoms with Gasteiger partial charge in [-0.15, -0.1) is 0 Å². The molecule has 0 aromatic heterocycles. The highest BCUT2D eigenvalue weighted by Crippen LogP contribution is 2.39.